The molecule has 0 heterocycles. The predicted octanol–water partition coefficient (Wildman–Crippen LogP) is 5.56. The lowest BCUT2D eigenvalue weighted by atomic mass is 9.82. The van der Waals surface area contributed by atoms with Gasteiger partial charge >= 0.3 is 0 Å². The van der Waals surface area contributed by atoms with E-state index in [1.807, 2.05) is 0 Å². The van der Waals surface area contributed by atoms with Crippen LogP contribution in [0.2, 0.25) is 0 Å². The second kappa shape index (κ2) is 10.4. The zero-order chi connectivity index (χ0) is 17.2. The monoisotopic (exact) mass is 306 g/mol. The van der Waals surface area contributed by atoms with Crippen molar-refractivity contribution in [3.63, 3.8) is 0 Å². The predicted molar refractivity (Wildman–Crippen MR) is 97.3 cm³/mol. The summed E-state index contributed by atoms with van der Waals surface area (Å²) >= 11 is 0. The Morgan fingerprint density at radius 1 is 1.18 bits per heavy atom. The number of rotatable bonds is 5. The van der Waals surface area contributed by atoms with E-state index in [1.54, 1.807) is 6.92 Å². The first-order chi connectivity index (χ1) is 10.3. The Bertz CT molecular complexity index is 422. The van der Waals surface area contributed by atoms with Gasteiger partial charge in [-0.3, -0.25) is 0 Å². The fourth-order valence-corrected chi connectivity index (χ4v) is 2.18. The summed E-state index contributed by atoms with van der Waals surface area (Å²) in [7, 11) is 0. The highest BCUT2D eigenvalue weighted by molar-refractivity contribution is 5.69. The molecule has 0 aromatic heterocycles. The topological polar surface area (TPSA) is 29.5 Å². The molecule has 0 aliphatic heterocycles. The van der Waals surface area contributed by atoms with Gasteiger partial charge in [0.05, 0.1) is 6.61 Å². The van der Waals surface area contributed by atoms with Gasteiger partial charge in [0, 0.05) is 6.61 Å². The van der Waals surface area contributed by atoms with Gasteiger partial charge in [-0.25, -0.2) is 0 Å². The minimum Gasteiger partial charge on any atom is -0.494 e. The minimum atomic E-state index is 0.175. The van der Waals surface area contributed by atoms with Crippen LogP contribution in [0.1, 0.15) is 60.5 Å². The summed E-state index contributed by atoms with van der Waals surface area (Å²) in [6.07, 6.45) is 3.30. The summed E-state index contributed by atoms with van der Waals surface area (Å²) in [6.45, 7) is 16.0. The van der Waals surface area contributed by atoms with E-state index in [0.29, 0.717) is 5.92 Å². The van der Waals surface area contributed by atoms with Crippen LogP contribution in [0.25, 0.3) is 5.57 Å². The van der Waals surface area contributed by atoms with E-state index in [-0.39, 0.29) is 12.0 Å². The van der Waals surface area contributed by atoms with Crippen molar-refractivity contribution in [2.45, 2.75) is 54.9 Å². The molecule has 0 aliphatic carbocycles. The molecule has 1 aromatic carbocycles. The van der Waals surface area contributed by atoms with E-state index in [0.717, 1.165) is 18.8 Å². The molecule has 2 heteroatoms. The molecule has 0 spiro atoms. The highest BCUT2D eigenvalue weighted by atomic mass is 16.5. The average molecular weight is 306 g/mol. The smallest absolute Gasteiger partial charge is 0.119 e. The first kappa shape index (κ1) is 20.7. The first-order valence-electron chi connectivity index (χ1n) is 8.27. The Morgan fingerprint density at radius 3 is 2.05 bits per heavy atom. The van der Waals surface area contributed by atoms with Crippen molar-refractivity contribution in [2.75, 3.05) is 13.2 Å². The number of aliphatic hydroxyl groups excluding tert-OH is 1. The fraction of sp³-hybridized carbons (Fsp3) is 0.600. The molecule has 2 nitrogen and oxygen atoms in total. The van der Waals surface area contributed by atoms with Crippen LogP contribution >= 0.6 is 0 Å². The summed E-state index contributed by atoms with van der Waals surface area (Å²) in [5.74, 6) is 1.66. The lowest BCUT2D eigenvalue weighted by Crippen LogP contribution is -2.08. The summed E-state index contributed by atoms with van der Waals surface area (Å²) in [4.78, 5) is 0. The van der Waals surface area contributed by atoms with Crippen molar-refractivity contribution >= 4 is 5.57 Å². The van der Waals surface area contributed by atoms with Crippen molar-refractivity contribution in [2.24, 2.45) is 11.3 Å². The van der Waals surface area contributed by atoms with Crippen LogP contribution < -0.4 is 4.74 Å². The number of hydrogen-bond donors (Lipinski definition) is 1. The van der Waals surface area contributed by atoms with Gasteiger partial charge in [0.2, 0.25) is 0 Å². The molecule has 0 bridgehead atoms. The van der Waals surface area contributed by atoms with Crippen LogP contribution in [0.4, 0.5) is 0 Å². The molecule has 1 aromatic rings. The zero-order valence-electron chi connectivity index (χ0n) is 15.4. The summed E-state index contributed by atoms with van der Waals surface area (Å²) in [5, 5.41) is 7.57. The summed E-state index contributed by atoms with van der Waals surface area (Å²) < 4.78 is 5.75. The normalized spacial score (nSPS) is 12.0. The fourth-order valence-electron chi connectivity index (χ4n) is 2.18. The standard InChI is InChI=1S/C18H28O.C2H6O/c1-7-17(18(4,5)6)15-8-10-16(11-9-15)19-13-12-14(2)3;1-2-3/h7-11,14H,12-13H2,1-6H3;3H,2H2,1H3/b17-7-;. The average Bonchev–Trinajstić information content (AvgIpc) is 2.40. The second-order valence-electron chi connectivity index (χ2n) is 6.82. The Labute approximate surface area is 137 Å². The SMILES string of the molecule is C/C=C(/c1ccc(OCCC(C)C)cc1)C(C)(C)C.CCO. The molecule has 126 valence electrons. The molecule has 0 saturated carbocycles. The Kier molecular flexibility index (Phi) is 9.84. The molecule has 22 heavy (non-hydrogen) atoms. The van der Waals surface area contributed by atoms with Gasteiger partial charge in [0.15, 0.2) is 0 Å². The van der Waals surface area contributed by atoms with Gasteiger partial charge < -0.3 is 9.84 Å². The maximum atomic E-state index is 7.57. The quantitative estimate of drug-likeness (QED) is 0.771. The number of hydrogen-bond acceptors (Lipinski definition) is 2. The Hall–Kier alpha value is -1.28. The van der Waals surface area contributed by atoms with Crippen molar-refractivity contribution < 1.29 is 9.84 Å². The van der Waals surface area contributed by atoms with E-state index < -0.39 is 0 Å². The minimum absolute atomic E-state index is 0.175. The van der Waals surface area contributed by atoms with Gasteiger partial charge in [-0.1, -0.05) is 52.8 Å². The van der Waals surface area contributed by atoms with Gasteiger partial charge in [-0.2, -0.15) is 0 Å². The molecule has 1 N–H and O–H groups in total. The number of allylic oxidation sites excluding steroid dienone is 2. The van der Waals surface area contributed by atoms with Gasteiger partial charge in [0.25, 0.3) is 0 Å². The zero-order valence-corrected chi connectivity index (χ0v) is 15.4. The molecule has 0 saturated heterocycles. The number of aliphatic hydroxyl groups is 1. The molecule has 0 aliphatic rings. The lowest BCUT2D eigenvalue weighted by molar-refractivity contribution is 0.289. The van der Waals surface area contributed by atoms with Crippen molar-refractivity contribution in [3.8, 4) is 5.75 Å². The summed E-state index contributed by atoms with van der Waals surface area (Å²) in [6, 6.07) is 8.46. The van der Waals surface area contributed by atoms with Crippen LogP contribution in [-0.2, 0) is 0 Å². The molecule has 0 atom stereocenters. The Morgan fingerprint density at radius 2 is 1.68 bits per heavy atom. The van der Waals surface area contributed by atoms with Gasteiger partial charge in [-0.05, 0) is 54.9 Å². The largest absolute Gasteiger partial charge is 0.494 e. The number of ether oxygens (including phenoxy) is 1. The highest BCUT2D eigenvalue weighted by Crippen LogP contribution is 2.34. The van der Waals surface area contributed by atoms with Gasteiger partial charge in [-0.15, -0.1) is 0 Å². The number of benzene rings is 1. The van der Waals surface area contributed by atoms with Crippen LogP contribution in [0.3, 0.4) is 0 Å². The maximum absolute atomic E-state index is 7.57. The molecule has 1 rings (SSSR count). The molecule has 0 unspecified atom stereocenters. The van der Waals surface area contributed by atoms with Gasteiger partial charge in [0.1, 0.15) is 5.75 Å². The lowest BCUT2D eigenvalue weighted by Gasteiger charge is -2.23. The van der Waals surface area contributed by atoms with Crippen molar-refractivity contribution in [1.29, 1.82) is 0 Å². The van der Waals surface area contributed by atoms with Crippen molar-refractivity contribution in [1.82, 2.24) is 0 Å². The molecular formula is C20H34O2. The van der Waals surface area contributed by atoms with Crippen LogP contribution in [0.5, 0.6) is 5.75 Å². The molecule has 0 radical (unpaired) electrons. The van der Waals surface area contributed by atoms with E-state index >= 15 is 0 Å². The van der Waals surface area contributed by atoms with Crippen LogP contribution in [0.15, 0.2) is 30.3 Å². The molecule has 0 fully saturated rings. The second-order valence-corrected chi connectivity index (χ2v) is 6.82. The molecule has 0 amide bonds. The maximum Gasteiger partial charge on any atom is 0.119 e. The van der Waals surface area contributed by atoms with E-state index in [9.17, 15) is 0 Å². The summed E-state index contributed by atoms with van der Waals surface area (Å²) in [5.41, 5.74) is 2.84. The van der Waals surface area contributed by atoms with E-state index in [1.165, 1.54) is 11.1 Å². The van der Waals surface area contributed by atoms with Crippen LogP contribution in [-0.4, -0.2) is 18.3 Å². The third-order valence-electron chi connectivity index (χ3n) is 3.23. The van der Waals surface area contributed by atoms with E-state index in [4.69, 9.17) is 9.84 Å². The first-order valence-corrected chi connectivity index (χ1v) is 8.27. The molecular weight excluding hydrogens is 272 g/mol. The van der Waals surface area contributed by atoms with Crippen LogP contribution in [0, 0.1) is 11.3 Å². The third kappa shape index (κ3) is 8.23. The van der Waals surface area contributed by atoms with E-state index in [2.05, 4.69) is 71.9 Å². The third-order valence-corrected chi connectivity index (χ3v) is 3.23. The Balaban J connectivity index is 0.00000135. The highest BCUT2D eigenvalue weighted by Gasteiger charge is 2.17. The van der Waals surface area contributed by atoms with Crippen molar-refractivity contribution in [3.05, 3.63) is 35.9 Å².